The Balaban J connectivity index is 2.27. The molecule has 3 nitrogen and oxygen atoms in total. The summed E-state index contributed by atoms with van der Waals surface area (Å²) in [4.78, 5) is 14.4. The van der Waals surface area contributed by atoms with Gasteiger partial charge in [0.05, 0.1) is 5.89 Å². The molecule has 1 heterocycles. The molecule has 0 bridgehead atoms. The van der Waals surface area contributed by atoms with Gasteiger partial charge in [0.2, 0.25) is 0 Å². The standard InChI is InChI=1S/C15H12ClNO2/c1-8(15(18)19)9-2-4-11-12-7-10(16)3-5-13(12)17-14(11)6-9/h2-8,17H,1H3,(H,18,19)/i8D. The minimum atomic E-state index is -1.66. The molecule has 2 N–H and O–H groups in total. The highest BCUT2D eigenvalue weighted by Gasteiger charge is 2.15. The Labute approximate surface area is 116 Å². The number of carboxylic acid groups (broad SMARTS) is 1. The smallest absolute Gasteiger partial charge is 0.310 e. The number of nitrogens with one attached hydrogen (secondary N) is 1. The number of carbonyl (C=O) groups is 1. The van der Waals surface area contributed by atoms with E-state index in [-0.39, 0.29) is 0 Å². The van der Waals surface area contributed by atoms with Gasteiger partial charge in [-0.1, -0.05) is 23.7 Å². The number of halogens is 1. The van der Waals surface area contributed by atoms with Gasteiger partial charge in [-0.05, 0) is 36.8 Å². The number of carboxylic acids is 1. The topological polar surface area (TPSA) is 53.1 Å². The van der Waals surface area contributed by atoms with Crippen LogP contribution in [0.5, 0.6) is 0 Å². The van der Waals surface area contributed by atoms with Gasteiger partial charge in [-0.25, -0.2) is 0 Å². The predicted octanol–water partition coefficient (Wildman–Crippen LogP) is 4.16. The van der Waals surface area contributed by atoms with E-state index in [1.165, 1.54) is 6.92 Å². The van der Waals surface area contributed by atoms with Gasteiger partial charge in [0.15, 0.2) is 0 Å². The summed E-state index contributed by atoms with van der Waals surface area (Å²) >= 11 is 6.00. The lowest BCUT2D eigenvalue weighted by Crippen LogP contribution is -2.06. The maximum atomic E-state index is 11.2. The van der Waals surface area contributed by atoms with Crippen molar-refractivity contribution in [3.05, 3.63) is 47.0 Å². The molecule has 0 aliphatic rings. The largest absolute Gasteiger partial charge is 0.481 e. The van der Waals surface area contributed by atoms with Gasteiger partial charge in [0, 0.05) is 28.2 Å². The number of hydrogen-bond acceptors (Lipinski definition) is 1. The molecule has 0 aliphatic carbocycles. The van der Waals surface area contributed by atoms with E-state index in [9.17, 15) is 4.79 Å². The summed E-state index contributed by atoms with van der Waals surface area (Å²) in [6.07, 6.45) is 0. The average Bonchev–Trinajstić information content (AvgIpc) is 2.75. The minimum absolute atomic E-state index is 0.440. The van der Waals surface area contributed by atoms with Gasteiger partial charge in [-0.2, -0.15) is 0 Å². The Hall–Kier alpha value is -2.00. The lowest BCUT2D eigenvalue weighted by molar-refractivity contribution is -0.138. The number of aromatic nitrogens is 1. The molecular formula is C15H12ClNO2. The van der Waals surface area contributed by atoms with Gasteiger partial charge in [0.25, 0.3) is 0 Å². The van der Waals surface area contributed by atoms with Crippen molar-refractivity contribution >= 4 is 39.4 Å². The van der Waals surface area contributed by atoms with E-state index >= 15 is 0 Å². The SMILES string of the molecule is [2H]C(C)(C(=O)O)c1ccc2c(c1)[nH]c1ccc(Cl)cc12. The van der Waals surface area contributed by atoms with Gasteiger partial charge in [0.1, 0.15) is 0 Å². The Kier molecular flexibility index (Phi) is 2.45. The van der Waals surface area contributed by atoms with E-state index in [0.29, 0.717) is 10.6 Å². The quantitative estimate of drug-likeness (QED) is 0.737. The fourth-order valence-electron chi connectivity index (χ4n) is 2.23. The highest BCUT2D eigenvalue weighted by molar-refractivity contribution is 6.31. The highest BCUT2D eigenvalue weighted by Crippen LogP contribution is 2.30. The lowest BCUT2D eigenvalue weighted by atomic mass is 10.00. The molecule has 2 aromatic carbocycles. The third-order valence-electron chi connectivity index (χ3n) is 3.31. The third kappa shape index (κ3) is 1.96. The molecule has 0 spiro atoms. The molecule has 3 aromatic rings. The summed E-state index contributed by atoms with van der Waals surface area (Å²) in [6, 6.07) is 10.8. The summed E-state index contributed by atoms with van der Waals surface area (Å²) in [5.41, 5.74) is 2.18. The molecule has 0 aliphatic heterocycles. The first-order valence-corrected chi connectivity index (χ1v) is 6.22. The van der Waals surface area contributed by atoms with Crippen LogP contribution in [0.1, 0.15) is 19.8 Å². The van der Waals surface area contributed by atoms with Crippen LogP contribution < -0.4 is 0 Å². The Morgan fingerprint density at radius 1 is 1.26 bits per heavy atom. The molecule has 1 atom stereocenters. The second-order valence-electron chi connectivity index (χ2n) is 4.51. The van der Waals surface area contributed by atoms with Crippen LogP contribution in [0.15, 0.2) is 36.4 Å². The second-order valence-corrected chi connectivity index (χ2v) is 4.94. The summed E-state index contributed by atoms with van der Waals surface area (Å²) in [5.74, 6) is -2.83. The molecule has 0 amide bonds. The molecular weight excluding hydrogens is 262 g/mol. The number of fused-ring (bicyclic) bond motifs is 3. The van der Waals surface area contributed by atoms with Crippen LogP contribution in [0, 0.1) is 0 Å². The Morgan fingerprint density at radius 3 is 2.79 bits per heavy atom. The zero-order valence-corrected chi connectivity index (χ0v) is 11.0. The molecule has 96 valence electrons. The lowest BCUT2D eigenvalue weighted by Gasteiger charge is -2.06. The molecule has 0 saturated heterocycles. The van der Waals surface area contributed by atoms with Crippen molar-refractivity contribution in [2.45, 2.75) is 12.8 Å². The van der Waals surface area contributed by atoms with Crippen LogP contribution in [0.3, 0.4) is 0 Å². The number of H-pyrrole nitrogens is 1. The van der Waals surface area contributed by atoms with Crippen LogP contribution in [0.2, 0.25) is 5.02 Å². The van der Waals surface area contributed by atoms with Crippen molar-refractivity contribution in [2.75, 3.05) is 0 Å². The summed E-state index contributed by atoms with van der Waals surface area (Å²) in [6.45, 7) is 1.37. The van der Waals surface area contributed by atoms with E-state index in [4.69, 9.17) is 18.1 Å². The summed E-state index contributed by atoms with van der Waals surface area (Å²) in [7, 11) is 0. The molecule has 0 saturated carbocycles. The van der Waals surface area contributed by atoms with E-state index in [0.717, 1.165) is 21.8 Å². The fraction of sp³-hybridized carbons (Fsp3) is 0.133. The van der Waals surface area contributed by atoms with Crippen molar-refractivity contribution < 1.29 is 11.3 Å². The van der Waals surface area contributed by atoms with E-state index < -0.39 is 11.9 Å². The number of aromatic amines is 1. The Bertz CT molecular complexity index is 838. The minimum Gasteiger partial charge on any atom is -0.481 e. The van der Waals surface area contributed by atoms with Gasteiger partial charge in [-0.3, -0.25) is 4.79 Å². The molecule has 3 rings (SSSR count). The van der Waals surface area contributed by atoms with Crippen molar-refractivity contribution in [3.8, 4) is 0 Å². The fourth-order valence-corrected chi connectivity index (χ4v) is 2.40. The van der Waals surface area contributed by atoms with Gasteiger partial charge >= 0.3 is 5.97 Å². The first-order chi connectivity index (χ1) is 9.39. The molecule has 1 unspecified atom stereocenters. The summed E-state index contributed by atoms with van der Waals surface area (Å²) in [5, 5.41) is 11.7. The second kappa shape index (κ2) is 4.28. The van der Waals surface area contributed by atoms with Gasteiger partial charge in [-0.15, -0.1) is 0 Å². The van der Waals surface area contributed by atoms with E-state index in [1.807, 2.05) is 18.2 Å². The van der Waals surface area contributed by atoms with Crippen molar-refractivity contribution in [3.63, 3.8) is 0 Å². The molecule has 0 radical (unpaired) electrons. The van der Waals surface area contributed by atoms with Crippen LogP contribution in [0.25, 0.3) is 21.8 Å². The third-order valence-corrected chi connectivity index (χ3v) is 3.55. The maximum Gasteiger partial charge on any atom is 0.310 e. The zero-order valence-electron chi connectivity index (χ0n) is 11.2. The van der Waals surface area contributed by atoms with Crippen molar-refractivity contribution in [1.82, 2.24) is 4.98 Å². The van der Waals surface area contributed by atoms with Crippen LogP contribution in [-0.4, -0.2) is 16.1 Å². The first-order valence-electron chi connectivity index (χ1n) is 6.34. The summed E-state index contributed by atoms with van der Waals surface area (Å²) < 4.78 is 7.93. The number of hydrogen-bond donors (Lipinski definition) is 2. The maximum absolute atomic E-state index is 11.2. The average molecular weight is 275 g/mol. The van der Waals surface area contributed by atoms with Crippen LogP contribution in [-0.2, 0) is 4.79 Å². The van der Waals surface area contributed by atoms with Crippen molar-refractivity contribution in [2.24, 2.45) is 0 Å². The number of benzene rings is 2. The van der Waals surface area contributed by atoms with E-state index in [2.05, 4.69) is 4.98 Å². The first kappa shape index (κ1) is 10.9. The number of aliphatic carboxylic acids is 1. The molecule has 19 heavy (non-hydrogen) atoms. The van der Waals surface area contributed by atoms with Crippen molar-refractivity contribution in [1.29, 1.82) is 0 Å². The Morgan fingerprint density at radius 2 is 2.05 bits per heavy atom. The molecule has 1 aromatic heterocycles. The molecule has 4 heteroatoms. The normalized spacial score (nSPS) is 15.4. The van der Waals surface area contributed by atoms with Crippen LogP contribution >= 0.6 is 11.6 Å². The number of rotatable bonds is 2. The monoisotopic (exact) mass is 274 g/mol. The van der Waals surface area contributed by atoms with E-state index in [1.54, 1.807) is 18.2 Å². The zero-order chi connectivity index (χ0) is 14.5. The predicted molar refractivity (Wildman–Crippen MR) is 76.9 cm³/mol. The van der Waals surface area contributed by atoms with Gasteiger partial charge < -0.3 is 10.1 Å². The highest BCUT2D eigenvalue weighted by atomic mass is 35.5. The molecule has 0 fully saturated rings. The van der Waals surface area contributed by atoms with Crippen LogP contribution in [0.4, 0.5) is 0 Å².